The molecular formula is C14H13BrClIN2O. The Bertz CT molecular complexity index is 641. The molecule has 0 saturated carbocycles. The average molecular weight is 468 g/mol. The summed E-state index contributed by atoms with van der Waals surface area (Å²) in [6.45, 7) is 4.51. The van der Waals surface area contributed by atoms with Gasteiger partial charge < -0.3 is 4.74 Å². The van der Waals surface area contributed by atoms with Crippen molar-refractivity contribution in [1.82, 2.24) is 9.97 Å². The lowest BCUT2D eigenvalue weighted by atomic mass is 10.1. The zero-order valence-electron chi connectivity index (χ0n) is 11.3. The minimum Gasteiger partial charge on any atom is -0.378 e. The third-order valence-electron chi connectivity index (χ3n) is 2.86. The Morgan fingerprint density at radius 1 is 1.25 bits per heavy atom. The van der Waals surface area contributed by atoms with E-state index < -0.39 is 0 Å². The van der Waals surface area contributed by atoms with Crippen LogP contribution in [-0.2, 0) is 11.3 Å². The molecule has 20 heavy (non-hydrogen) atoms. The van der Waals surface area contributed by atoms with Gasteiger partial charge in [-0.3, -0.25) is 0 Å². The first kappa shape index (κ1) is 16.1. The first-order chi connectivity index (χ1) is 9.43. The van der Waals surface area contributed by atoms with Gasteiger partial charge in [0.2, 0.25) is 0 Å². The molecule has 1 aromatic heterocycles. The molecule has 2 aromatic rings. The van der Waals surface area contributed by atoms with E-state index in [-0.39, 0.29) is 0 Å². The average Bonchev–Trinajstić information content (AvgIpc) is 2.40. The van der Waals surface area contributed by atoms with Crippen LogP contribution in [0.25, 0.3) is 11.4 Å². The molecule has 2 rings (SSSR count). The molecule has 3 nitrogen and oxygen atoms in total. The van der Waals surface area contributed by atoms with Crippen LogP contribution in [0.2, 0.25) is 5.15 Å². The molecule has 0 bridgehead atoms. The molecule has 1 heterocycles. The third kappa shape index (κ3) is 3.32. The van der Waals surface area contributed by atoms with Crippen LogP contribution in [0.1, 0.15) is 16.8 Å². The Labute approximate surface area is 145 Å². The van der Waals surface area contributed by atoms with Gasteiger partial charge in [0.05, 0.1) is 15.9 Å². The van der Waals surface area contributed by atoms with E-state index in [2.05, 4.69) is 48.5 Å². The van der Waals surface area contributed by atoms with Gasteiger partial charge in [0.15, 0.2) is 5.82 Å². The molecule has 0 aliphatic rings. The van der Waals surface area contributed by atoms with E-state index in [1.165, 1.54) is 0 Å². The number of hydrogen-bond donors (Lipinski definition) is 0. The predicted molar refractivity (Wildman–Crippen MR) is 93.1 cm³/mol. The van der Waals surface area contributed by atoms with Gasteiger partial charge in [0, 0.05) is 17.1 Å². The molecule has 0 aliphatic heterocycles. The molecule has 0 fully saturated rings. The highest BCUT2D eigenvalue weighted by Crippen LogP contribution is 2.29. The topological polar surface area (TPSA) is 35.0 Å². The van der Waals surface area contributed by atoms with Crippen LogP contribution in [0, 0.1) is 17.4 Å². The lowest BCUT2D eigenvalue weighted by Crippen LogP contribution is -2.02. The molecule has 0 aliphatic carbocycles. The smallest absolute Gasteiger partial charge is 0.161 e. The van der Waals surface area contributed by atoms with Gasteiger partial charge in [-0.2, -0.15) is 0 Å². The summed E-state index contributed by atoms with van der Waals surface area (Å²) >= 11 is 11.9. The largest absolute Gasteiger partial charge is 0.378 e. The van der Waals surface area contributed by atoms with Crippen LogP contribution in [0.15, 0.2) is 16.6 Å². The summed E-state index contributed by atoms with van der Waals surface area (Å²) in [5, 5.41) is 0.459. The summed E-state index contributed by atoms with van der Waals surface area (Å²) in [4.78, 5) is 8.94. The van der Waals surface area contributed by atoms with Crippen molar-refractivity contribution in [3.8, 4) is 11.4 Å². The van der Waals surface area contributed by atoms with Gasteiger partial charge in [0.1, 0.15) is 5.15 Å². The number of aromatic nitrogens is 2. The normalized spacial score (nSPS) is 10.9. The van der Waals surface area contributed by atoms with Gasteiger partial charge in [0.25, 0.3) is 0 Å². The van der Waals surface area contributed by atoms with Crippen molar-refractivity contribution in [3.63, 3.8) is 0 Å². The van der Waals surface area contributed by atoms with Crippen molar-refractivity contribution in [2.24, 2.45) is 0 Å². The van der Waals surface area contributed by atoms with Crippen molar-refractivity contribution in [3.05, 3.63) is 42.1 Å². The Morgan fingerprint density at radius 2 is 1.85 bits per heavy atom. The summed E-state index contributed by atoms with van der Waals surface area (Å²) in [5.74, 6) is 0.626. The SMILES string of the molecule is COCc1nc(-c2cc(C)c(Br)c(C)c2)nc(Cl)c1I. The predicted octanol–water partition coefficient (Wildman–Crippen LogP) is 4.93. The van der Waals surface area contributed by atoms with E-state index in [1.807, 2.05) is 26.0 Å². The second kappa shape index (κ2) is 6.68. The fourth-order valence-electron chi connectivity index (χ4n) is 1.90. The van der Waals surface area contributed by atoms with Crippen molar-refractivity contribution in [2.75, 3.05) is 7.11 Å². The number of rotatable bonds is 3. The number of benzene rings is 1. The van der Waals surface area contributed by atoms with Crippen molar-refractivity contribution in [1.29, 1.82) is 0 Å². The van der Waals surface area contributed by atoms with E-state index in [1.54, 1.807) is 7.11 Å². The molecule has 0 saturated heterocycles. The highest BCUT2D eigenvalue weighted by atomic mass is 127. The lowest BCUT2D eigenvalue weighted by molar-refractivity contribution is 0.181. The molecule has 0 unspecified atom stereocenters. The molecule has 0 spiro atoms. The Balaban J connectivity index is 2.58. The summed E-state index contributed by atoms with van der Waals surface area (Å²) in [6, 6.07) is 4.10. The van der Waals surface area contributed by atoms with Gasteiger partial charge in [-0.25, -0.2) is 9.97 Å². The maximum atomic E-state index is 6.19. The monoisotopic (exact) mass is 466 g/mol. The summed E-state index contributed by atoms with van der Waals surface area (Å²) in [5.41, 5.74) is 4.05. The molecular weight excluding hydrogens is 454 g/mol. The fraction of sp³-hybridized carbons (Fsp3) is 0.286. The standard InChI is InChI=1S/C14H13BrClIN2O/c1-7-4-9(5-8(2)11(7)15)14-18-10(6-20-3)12(17)13(16)19-14/h4-5H,6H2,1-3H3. The summed E-state index contributed by atoms with van der Waals surface area (Å²) < 4.78 is 7.10. The molecule has 106 valence electrons. The second-order valence-electron chi connectivity index (χ2n) is 4.46. The molecule has 0 amide bonds. The van der Waals surface area contributed by atoms with Crippen LogP contribution in [0.5, 0.6) is 0 Å². The summed E-state index contributed by atoms with van der Waals surface area (Å²) in [6.07, 6.45) is 0. The lowest BCUT2D eigenvalue weighted by Gasteiger charge is -2.10. The first-order valence-corrected chi connectivity index (χ1v) is 8.17. The van der Waals surface area contributed by atoms with Crippen LogP contribution in [0.4, 0.5) is 0 Å². The number of aryl methyl sites for hydroxylation is 2. The van der Waals surface area contributed by atoms with Gasteiger partial charge in [-0.05, 0) is 59.7 Å². The summed E-state index contributed by atoms with van der Waals surface area (Å²) in [7, 11) is 1.64. The first-order valence-electron chi connectivity index (χ1n) is 5.92. The minimum absolute atomic E-state index is 0.419. The van der Waals surface area contributed by atoms with Crippen LogP contribution >= 0.6 is 50.1 Å². The van der Waals surface area contributed by atoms with Crippen molar-refractivity contribution >= 4 is 50.1 Å². The van der Waals surface area contributed by atoms with Crippen LogP contribution in [-0.4, -0.2) is 17.1 Å². The van der Waals surface area contributed by atoms with Crippen LogP contribution < -0.4 is 0 Å². The van der Waals surface area contributed by atoms with Gasteiger partial charge in [-0.15, -0.1) is 0 Å². The Hall–Kier alpha value is -0.240. The Morgan fingerprint density at radius 3 is 2.40 bits per heavy atom. The molecule has 0 N–H and O–H groups in total. The number of ether oxygens (including phenoxy) is 1. The molecule has 6 heteroatoms. The van der Waals surface area contributed by atoms with Gasteiger partial charge in [-0.1, -0.05) is 27.5 Å². The Kier molecular flexibility index (Phi) is 5.39. The minimum atomic E-state index is 0.419. The maximum Gasteiger partial charge on any atom is 0.161 e. The highest BCUT2D eigenvalue weighted by Gasteiger charge is 2.13. The maximum absolute atomic E-state index is 6.19. The zero-order chi connectivity index (χ0) is 14.9. The van der Waals surface area contributed by atoms with E-state index in [4.69, 9.17) is 16.3 Å². The van der Waals surface area contributed by atoms with E-state index >= 15 is 0 Å². The second-order valence-corrected chi connectivity index (χ2v) is 6.69. The number of halogens is 3. The van der Waals surface area contributed by atoms with E-state index in [9.17, 15) is 0 Å². The van der Waals surface area contributed by atoms with Crippen molar-refractivity contribution < 1.29 is 4.74 Å². The van der Waals surface area contributed by atoms with E-state index in [0.717, 1.165) is 30.4 Å². The number of nitrogens with zero attached hydrogens (tertiary/aromatic N) is 2. The van der Waals surface area contributed by atoms with E-state index in [0.29, 0.717) is 17.6 Å². The number of methoxy groups -OCH3 is 1. The third-order valence-corrected chi connectivity index (χ3v) is 5.83. The highest BCUT2D eigenvalue weighted by molar-refractivity contribution is 14.1. The van der Waals surface area contributed by atoms with Crippen molar-refractivity contribution in [2.45, 2.75) is 20.5 Å². The number of hydrogen-bond acceptors (Lipinski definition) is 3. The van der Waals surface area contributed by atoms with Crippen LogP contribution in [0.3, 0.4) is 0 Å². The molecule has 1 aromatic carbocycles. The molecule has 0 radical (unpaired) electrons. The zero-order valence-corrected chi connectivity index (χ0v) is 15.8. The van der Waals surface area contributed by atoms with Gasteiger partial charge >= 0.3 is 0 Å². The fourth-order valence-corrected chi connectivity index (χ4v) is 2.71. The molecule has 0 atom stereocenters. The quantitative estimate of drug-likeness (QED) is 0.475.